The lowest BCUT2D eigenvalue weighted by Crippen LogP contribution is -2.45. The van der Waals surface area contributed by atoms with E-state index in [0.29, 0.717) is 18.1 Å². The van der Waals surface area contributed by atoms with E-state index in [0.717, 1.165) is 11.3 Å². The predicted molar refractivity (Wildman–Crippen MR) is 114 cm³/mol. The largest absolute Gasteiger partial charge is 0.351 e. The van der Waals surface area contributed by atoms with Crippen molar-refractivity contribution >= 4 is 33.4 Å². The van der Waals surface area contributed by atoms with Crippen LogP contribution in [-0.4, -0.2) is 76.3 Å². The number of amides is 2. The Morgan fingerprint density at radius 2 is 2.03 bits per heavy atom. The summed E-state index contributed by atoms with van der Waals surface area (Å²) in [4.78, 5) is 26.3. The number of hydrogen-bond donors (Lipinski definition) is 1. The van der Waals surface area contributed by atoms with Gasteiger partial charge < -0.3 is 10.2 Å². The van der Waals surface area contributed by atoms with E-state index in [9.17, 15) is 18.0 Å². The summed E-state index contributed by atoms with van der Waals surface area (Å²) in [5, 5.41) is 11.3. The number of hydrogen-bond acceptors (Lipinski definition) is 7. The molecule has 0 bridgehead atoms. The van der Waals surface area contributed by atoms with E-state index >= 15 is 0 Å². The van der Waals surface area contributed by atoms with Crippen molar-refractivity contribution in [1.29, 1.82) is 0 Å². The highest BCUT2D eigenvalue weighted by atomic mass is 32.2. The average molecular weight is 452 g/mol. The van der Waals surface area contributed by atoms with Crippen molar-refractivity contribution in [3.63, 3.8) is 0 Å². The second-order valence-electron chi connectivity index (χ2n) is 7.18. The quantitative estimate of drug-likeness (QED) is 0.591. The number of aromatic nitrogens is 3. The molecular formula is C19H25N5O4S2. The number of likely N-dealkylation sites (N-methyl/N-ethyl adjacent to an activating group) is 1. The molecule has 0 aliphatic carbocycles. The Hall–Kier alpha value is -2.40. The molecule has 3 rings (SSSR count). The van der Waals surface area contributed by atoms with Crippen LogP contribution in [0.2, 0.25) is 0 Å². The molecule has 1 N–H and O–H groups in total. The van der Waals surface area contributed by atoms with Gasteiger partial charge in [0.2, 0.25) is 11.8 Å². The number of aryl methyl sites for hydroxylation is 1. The first-order chi connectivity index (χ1) is 14.3. The second-order valence-corrected chi connectivity index (χ2v) is 10.4. The van der Waals surface area contributed by atoms with E-state index in [4.69, 9.17) is 0 Å². The van der Waals surface area contributed by atoms with Crippen LogP contribution in [0.15, 0.2) is 35.7 Å². The minimum atomic E-state index is -3.07. The minimum Gasteiger partial charge on any atom is -0.351 e. The molecule has 0 radical (unpaired) electrons. The molecule has 2 heterocycles. The summed E-state index contributed by atoms with van der Waals surface area (Å²) in [5.74, 6) is -0.380. The summed E-state index contributed by atoms with van der Waals surface area (Å²) < 4.78 is 24.8. The topological polar surface area (TPSA) is 114 Å². The first-order valence-corrected chi connectivity index (χ1v) is 12.5. The van der Waals surface area contributed by atoms with Gasteiger partial charge >= 0.3 is 0 Å². The standard InChI is InChI=1S/C19H25N5O4S2/c1-3-23(10-17(25)21-15-8-9-30(27,28)12-15)18(26)11-29-19-22-20-13-24(19)16-6-4-14(2)5-7-16/h4-7,13,15H,3,8-12H2,1-2H3,(H,21,25). The summed E-state index contributed by atoms with van der Waals surface area (Å²) in [5.41, 5.74) is 2.04. The third-order valence-corrected chi connectivity index (χ3v) is 7.52. The van der Waals surface area contributed by atoms with Crippen molar-refractivity contribution in [2.75, 3.05) is 30.3 Å². The summed E-state index contributed by atoms with van der Waals surface area (Å²) in [6.45, 7) is 4.08. The number of carbonyl (C=O) groups is 2. The molecule has 0 spiro atoms. The monoisotopic (exact) mass is 451 g/mol. The van der Waals surface area contributed by atoms with Crippen LogP contribution in [0.3, 0.4) is 0 Å². The molecule has 1 atom stereocenters. The summed E-state index contributed by atoms with van der Waals surface area (Å²) in [6.07, 6.45) is 2.01. The lowest BCUT2D eigenvalue weighted by molar-refractivity contribution is -0.134. The maximum atomic E-state index is 12.6. The van der Waals surface area contributed by atoms with E-state index in [1.54, 1.807) is 17.8 Å². The van der Waals surface area contributed by atoms with Gasteiger partial charge in [-0.3, -0.25) is 14.2 Å². The zero-order chi connectivity index (χ0) is 21.7. The van der Waals surface area contributed by atoms with Crippen molar-refractivity contribution in [2.24, 2.45) is 0 Å². The van der Waals surface area contributed by atoms with E-state index in [1.807, 2.05) is 31.2 Å². The highest BCUT2D eigenvalue weighted by molar-refractivity contribution is 7.99. The lowest BCUT2D eigenvalue weighted by Gasteiger charge is -2.21. The van der Waals surface area contributed by atoms with Crippen molar-refractivity contribution < 1.29 is 18.0 Å². The average Bonchev–Trinajstić information content (AvgIpc) is 3.30. The molecule has 1 aromatic heterocycles. The Morgan fingerprint density at radius 1 is 1.30 bits per heavy atom. The van der Waals surface area contributed by atoms with Crippen LogP contribution in [0.1, 0.15) is 18.9 Å². The van der Waals surface area contributed by atoms with Gasteiger partial charge in [-0.1, -0.05) is 29.5 Å². The van der Waals surface area contributed by atoms with Gasteiger partial charge in [-0.2, -0.15) is 0 Å². The van der Waals surface area contributed by atoms with Gasteiger partial charge in [-0.15, -0.1) is 10.2 Å². The fourth-order valence-electron chi connectivity index (χ4n) is 3.15. The van der Waals surface area contributed by atoms with E-state index in [-0.39, 0.29) is 41.7 Å². The molecule has 0 saturated carbocycles. The van der Waals surface area contributed by atoms with Crippen LogP contribution >= 0.6 is 11.8 Å². The molecule has 9 nitrogen and oxygen atoms in total. The number of carbonyl (C=O) groups excluding carboxylic acids is 2. The Balaban J connectivity index is 1.54. The number of sulfone groups is 1. The van der Waals surface area contributed by atoms with Gasteiger partial charge in [0, 0.05) is 18.3 Å². The molecule has 1 saturated heterocycles. The van der Waals surface area contributed by atoms with Crippen molar-refractivity contribution in [3.8, 4) is 5.69 Å². The molecule has 11 heteroatoms. The first-order valence-electron chi connectivity index (χ1n) is 9.65. The van der Waals surface area contributed by atoms with Crippen LogP contribution in [0, 0.1) is 6.92 Å². The Kier molecular flexibility index (Phi) is 7.14. The lowest BCUT2D eigenvalue weighted by atomic mass is 10.2. The fraction of sp³-hybridized carbons (Fsp3) is 0.474. The maximum Gasteiger partial charge on any atom is 0.239 e. The number of benzene rings is 1. The minimum absolute atomic E-state index is 0.0384. The zero-order valence-electron chi connectivity index (χ0n) is 16.9. The number of nitrogens with zero attached hydrogens (tertiary/aromatic N) is 4. The molecule has 2 amide bonds. The molecule has 30 heavy (non-hydrogen) atoms. The van der Waals surface area contributed by atoms with Crippen LogP contribution < -0.4 is 5.32 Å². The van der Waals surface area contributed by atoms with E-state index in [2.05, 4.69) is 15.5 Å². The van der Waals surface area contributed by atoms with Crippen molar-refractivity contribution in [2.45, 2.75) is 31.5 Å². The fourth-order valence-corrected chi connectivity index (χ4v) is 5.66. The molecule has 1 fully saturated rings. The van der Waals surface area contributed by atoms with E-state index in [1.165, 1.54) is 16.7 Å². The van der Waals surface area contributed by atoms with Crippen LogP contribution in [0.5, 0.6) is 0 Å². The summed E-state index contributed by atoms with van der Waals surface area (Å²) in [6, 6.07) is 7.51. The summed E-state index contributed by atoms with van der Waals surface area (Å²) >= 11 is 1.25. The third-order valence-electron chi connectivity index (χ3n) is 4.82. The Bertz CT molecular complexity index is 1000. The second kappa shape index (κ2) is 9.61. The van der Waals surface area contributed by atoms with E-state index < -0.39 is 9.84 Å². The normalized spacial score (nSPS) is 17.6. The molecule has 2 aromatic rings. The third kappa shape index (κ3) is 5.82. The molecular weight excluding hydrogens is 426 g/mol. The Morgan fingerprint density at radius 3 is 2.67 bits per heavy atom. The molecule has 1 aliphatic rings. The SMILES string of the molecule is CCN(CC(=O)NC1CCS(=O)(=O)C1)C(=O)CSc1nncn1-c1ccc(C)cc1. The molecule has 1 aliphatic heterocycles. The first kappa shape index (κ1) is 22.3. The van der Waals surface area contributed by atoms with Crippen LogP contribution in [0.25, 0.3) is 5.69 Å². The number of rotatable bonds is 8. The van der Waals surface area contributed by atoms with Crippen molar-refractivity contribution in [1.82, 2.24) is 25.0 Å². The van der Waals surface area contributed by atoms with Crippen LogP contribution in [-0.2, 0) is 19.4 Å². The number of nitrogens with one attached hydrogen (secondary N) is 1. The molecule has 1 aromatic carbocycles. The smallest absolute Gasteiger partial charge is 0.239 e. The highest BCUT2D eigenvalue weighted by Crippen LogP contribution is 2.20. The van der Waals surface area contributed by atoms with Gasteiger partial charge in [0.05, 0.1) is 23.8 Å². The molecule has 1 unspecified atom stereocenters. The van der Waals surface area contributed by atoms with Gasteiger partial charge in [0.1, 0.15) is 6.33 Å². The maximum absolute atomic E-state index is 12.6. The van der Waals surface area contributed by atoms with Crippen molar-refractivity contribution in [3.05, 3.63) is 36.2 Å². The Labute approximate surface area is 180 Å². The zero-order valence-corrected chi connectivity index (χ0v) is 18.6. The van der Waals surface area contributed by atoms with Gasteiger partial charge in [0.15, 0.2) is 15.0 Å². The summed E-state index contributed by atoms with van der Waals surface area (Å²) in [7, 11) is -3.07. The van der Waals surface area contributed by atoms with Gasteiger partial charge in [-0.25, -0.2) is 8.42 Å². The molecule has 162 valence electrons. The van der Waals surface area contributed by atoms with Crippen LogP contribution in [0.4, 0.5) is 0 Å². The number of thioether (sulfide) groups is 1. The predicted octanol–water partition coefficient (Wildman–Crippen LogP) is 0.820. The van der Waals surface area contributed by atoms with Gasteiger partial charge in [-0.05, 0) is 32.4 Å². The van der Waals surface area contributed by atoms with Gasteiger partial charge in [0.25, 0.3) is 0 Å². The highest BCUT2D eigenvalue weighted by Gasteiger charge is 2.29.